The van der Waals surface area contributed by atoms with Crippen LogP contribution < -0.4 is 5.32 Å². The van der Waals surface area contributed by atoms with Crippen LogP contribution in [0.3, 0.4) is 0 Å². The van der Waals surface area contributed by atoms with Crippen LogP contribution in [-0.2, 0) is 13.8 Å². The highest BCUT2D eigenvalue weighted by Crippen LogP contribution is 2.16. The average Bonchev–Trinajstić information content (AvgIpc) is 2.41. The summed E-state index contributed by atoms with van der Waals surface area (Å²) in [5.74, 6) is 0.226. The molecular formula is C14H20ClNO4S. The lowest BCUT2D eigenvalue weighted by Gasteiger charge is -2.08. The van der Waals surface area contributed by atoms with Crippen molar-refractivity contribution in [1.29, 1.82) is 0 Å². The number of halogens is 1. The molecule has 0 aliphatic heterocycles. The minimum absolute atomic E-state index is 0.0926. The highest BCUT2D eigenvalue weighted by Gasteiger charge is 2.13. The van der Waals surface area contributed by atoms with E-state index in [1.54, 1.807) is 0 Å². The number of ether oxygens (including phenoxy) is 1. The maximum absolute atomic E-state index is 11.9. The molecule has 0 aliphatic rings. The third-order valence-electron chi connectivity index (χ3n) is 2.75. The van der Waals surface area contributed by atoms with Crippen LogP contribution in [0.5, 0.6) is 0 Å². The standard InChI is InChI=1S/C14H20ClNO4S/c1-11(2)6-8-20-9-7-16-14(17)12-4-3-5-13(10-12)21(15,18)19/h3-5,10-11H,6-9H2,1-2H3,(H,16,17). The van der Waals surface area contributed by atoms with Gasteiger partial charge in [0.2, 0.25) is 0 Å². The summed E-state index contributed by atoms with van der Waals surface area (Å²) < 4.78 is 27.8. The van der Waals surface area contributed by atoms with Gasteiger partial charge in [-0.15, -0.1) is 0 Å². The SMILES string of the molecule is CC(C)CCOCCNC(=O)c1cccc(S(=O)(=O)Cl)c1. The van der Waals surface area contributed by atoms with Gasteiger partial charge in [0.15, 0.2) is 0 Å². The lowest BCUT2D eigenvalue weighted by atomic mass is 10.1. The number of hydrogen-bond acceptors (Lipinski definition) is 4. The summed E-state index contributed by atoms with van der Waals surface area (Å²) in [6.07, 6.45) is 0.976. The highest BCUT2D eigenvalue weighted by molar-refractivity contribution is 8.13. The van der Waals surface area contributed by atoms with Crippen molar-refractivity contribution in [2.24, 2.45) is 5.92 Å². The molecular weight excluding hydrogens is 314 g/mol. The monoisotopic (exact) mass is 333 g/mol. The van der Waals surface area contributed by atoms with Crippen molar-refractivity contribution in [1.82, 2.24) is 5.32 Å². The van der Waals surface area contributed by atoms with Crippen LogP contribution in [0, 0.1) is 5.92 Å². The second-order valence-electron chi connectivity index (χ2n) is 5.02. The first-order valence-electron chi connectivity index (χ1n) is 6.71. The maximum Gasteiger partial charge on any atom is 0.261 e. The van der Waals surface area contributed by atoms with E-state index in [1.807, 2.05) is 0 Å². The van der Waals surface area contributed by atoms with Crippen LogP contribution in [0.4, 0.5) is 0 Å². The van der Waals surface area contributed by atoms with Crippen molar-refractivity contribution in [2.45, 2.75) is 25.2 Å². The van der Waals surface area contributed by atoms with Crippen molar-refractivity contribution in [3.63, 3.8) is 0 Å². The predicted octanol–water partition coefficient (Wildman–Crippen LogP) is 2.41. The molecule has 1 N–H and O–H groups in total. The van der Waals surface area contributed by atoms with Crippen LogP contribution in [0.25, 0.3) is 0 Å². The smallest absolute Gasteiger partial charge is 0.261 e. The van der Waals surface area contributed by atoms with Crippen molar-refractivity contribution >= 4 is 25.6 Å². The van der Waals surface area contributed by atoms with Crippen LogP contribution in [0.1, 0.15) is 30.6 Å². The number of carbonyl (C=O) groups is 1. The molecule has 0 fully saturated rings. The number of rotatable bonds is 8. The predicted molar refractivity (Wildman–Crippen MR) is 82.1 cm³/mol. The second kappa shape index (κ2) is 8.36. The van der Waals surface area contributed by atoms with Crippen molar-refractivity contribution < 1.29 is 17.9 Å². The Morgan fingerprint density at radius 2 is 2.05 bits per heavy atom. The molecule has 0 heterocycles. The van der Waals surface area contributed by atoms with Crippen LogP contribution in [-0.4, -0.2) is 34.1 Å². The molecule has 5 nitrogen and oxygen atoms in total. The Labute approximate surface area is 130 Å². The third-order valence-corrected chi connectivity index (χ3v) is 4.10. The van der Waals surface area contributed by atoms with Crippen LogP contribution in [0.2, 0.25) is 0 Å². The van der Waals surface area contributed by atoms with Gasteiger partial charge in [-0.2, -0.15) is 0 Å². The molecule has 0 saturated carbocycles. The fraction of sp³-hybridized carbons (Fsp3) is 0.500. The van der Waals surface area contributed by atoms with Crippen molar-refractivity contribution in [3.05, 3.63) is 29.8 Å². The molecule has 7 heteroatoms. The number of nitrogens with one attached hydrogen (secondary N) is 1. The van der Waals surface area contributed by atoms with Gasteiger partial charge in [-0.3, -0.25) is 4.79 Å². The quantitative estimate of drug-likeness (QED) is 0.585. The van der Waals surface area contributed by atoms with E-state index in [2.05, 4.69) is 19.2 Å². The fourth-order valence-corrected chi connectivity index (χ4v) is 2.35. The number of amides is 1. The Bertz CT molecular complexity index is 572. The van der Waals surface area contributed by atoms with Gasteiger partial charge in [-0.1, -0.05) is 19.9 Å². The zero-order chi connectivity index (χ0) is 15.9. The lowest BCUT2D eigenvalue weighted by molar-refractivity contribution is 0.0905. The van der Waals surface area contributed by atoms with E-state index in [-0.39, 0.29) is 16.4 Å². The van der Waals surface area contributed by atoms with E-state index in [0.29, 0.717) is 25.7 Å². The molecule has 1 aromatic rings. The summed E-state index contributed by atoms with van der Waals surface area (Å²) in [5, 5.41) is 2.66. The van der Waals surface area contributed by atoms with Gasteiger partial charge >= 0.3 is 0 Å². The maximum atomic E-state index is 11.9. The molecule has 0 aromatic heterocycles. The average molecular weight is 334 g/mol. The molecule has 21 heavy (non-hydrogen) atoms. The first-order valence-corrected chi connectivity index (χ1v) is 9.02. The summed E-state index contributed by atoms with van der Waals surface area (Å²) in [6.45, 7) is 5.68. The summed E-state index contributed by atoms with van der Waals surface area (Å²) in [5.41, 5.74) is 0.249. The highest BCUT2D eigenvalue weighted by atomic mass is 35.7. The number of hydrogen-bond donors (Lipinski definition) is 1. The van der Waals surface area contributed by atoms with E-state index >= 15 is 0 Å². The minimum Gasteiger partial charge on any atom is -0.380 e. The third kappa shape index (κ3) is 6.93. The molecule has 0 radical (unpaired) electrons. The molecule has 1 aromatic carbocycles. The molecule has 1 amide bonds. The Hall–Kier alpha value is -1.11. The van der Waals surface area contributed by atoms with E-state index in [0.717, 1.165) is 6.42 Å². The number of carbonyl (C=O) groups excluding carboxylic acids is 1. The Balaban J connectivity index is 2.43. The zero-order valence-electron chi connectivity index (χ0n) is 12.1. The largest absolute Gasteiger partial charge is 0.380 e. The summed E-state index contributed by atoms with van der Waals surface area (Å²) >= 11 is 0. The summed E-state index contributed by atoms with van der Waals surface area (Å²) in [4.78, 5) is 11.8. The molecule has 0 unspecified atom stereocenters. The minimum atomic E-state index is -3.83. The summed E-state index contributed by atoms with van der Waals surface area (Å²) in [7, 11) is 1.41. The van der Waals surface area contributed by atoms with Gasteiger partial charge in [-0.25, -0.2) is 8.42 Å². The van der Waals surface area contributed by atoms with Crippen LogP contribution in [0.15, 0.2) is 29.2 Å². The zero-order valence-corrected chi connectivity index (χ0v) is 13.7. The molecule has 0 atom stereocenters. The first-order chi connectivity index (χ1) is 9.80. The Morgan fingerprint density at radius 1 is 1.33 bits per heavy atom. The Morgan fingerprint density at radius 3 is 2.67 bits per heavy atom. The van der Waals surface area contributed by atoms with E-state index in [9.17, 15) is 13.2 Å². The Kier molecular flexibility index (Phi) is 7.14. The second-order valence-corrected chi connectivity index (χ2v) is 7.58. The van der Waals surface area contributed by atoms with Gasteiger partial charge in [0, 0.05) is 29.4 Å². The fourth-order valence-electron chi connectivity index (χ4n) is 1.55. The van der Waals surface area contributed by atoms with E-state index in [4.69, 9.17) is 15.4 Å². The van der Waals surface area contributed by atoms with Crippen molar-refractivity contribution in [3.8, 4) is 0 Å². The van der Waals surface area contributed by atoms with Gasteiger partial charge in [0.25, 0.3) is 15.0 Å². The van der Waals surface area contributed by atoms with E-state index in [1.165, 1.54) is 24.3 Å². The van der Waals surface area contributed by atoms with Gasteiger partial charge in [-0.05, 0) is 30.5 Å². The molecule has 0 spiro atoms. The normalized spacial score (nSPS) is 11.6. The molecule has 0 aliphatic carbocycles. The number of benzene rings is 1. The van der Waals surface area contributed by atoms with E-state index < -0.39 is 9.05 Å². The molecule has 0 bridgehead atoms. The van der Waals surface area contributed by atoms with Crippen LogP contribution >= 0.6 is 10.7 Å². The topological polar surface area (TPSA) is 72.5 Å². The summed E-state index contributed by atoms with van der Waals surface area (Å²) in [6, 6.07) is 5.59. The van der Waals surface area contributed by atoms with Crippen molar-refractivity contribution in [2.75, 3.05) is 19.8 Å². The molecule has 0 saturated heterocycles. The van der Waals surface area contributed by atoms with Gasteiger partial charge < -0.3 is 10.1 Å². The lowest BCUT2D eigenvalue weighted by Crippen LogP contribution is -2.27. The van der Waals surface area contributed by atoms with Gasteiger partial charge in [0.1, 0.15) is 0 Å². The first kappa shape index (κ1) is 17.9. The molecule has 118 valence electrons. The van der Waals surface area contributed by atoms with Gasteiger partial charge in [0.05, 0.1) is 11.5 Å². The molecule has 1 rings (SSSR count).